The maximum absolute atomic E-state index is 5.25. The van der Waals surface area contributed by atoms with E-state index in [0.717, 1.165) is 45.0 Å². The first-order valence-electron chi connectivity index (χ1n) is 4.53. The van der Waals surface area contributed by atoms with Gasteiger partial charge >= 0.3 is 0 Å². The van der Waals surface area contributed by atoms with Gasteiger partial charge in [0.05, 0.1) is 18.9 Å². The predicted octanol–water partition coefficient (Wildman–Crippen LogP) is -0.520. The van der Waals surface area contributed by atoms with Gasteiger partial charge in [0, 0.05) is 26.1 Å². The van der Waals surface area contributed by atoms with Crippen molar-refractivity contribution in [1.82, 2.24) is 20.3 Å². The highest BCUT2D eigenvalue weighted by Gasteiger charge is 2.09. The molecule has 1 aromatic heterocycles. The third kappa shape index (κ3) is 2.50. The first-order chi connectivity index (χ1) is 6.45. The highest BCUT2D eigenvalue weighted by molar-refractivity contribution is 4.89. The Hall–Kier alpha value is -0.940. The zero-order valence-corrected chi connectivity index (χ0v) is 7.49. The minimum atomic E-state index is 0.852. The third-order valence-electron chi connectivity index (χ3n) is 2.20. The number of aromatic amines is 1. The smallest absolute Gasteiger partial charge is 0.138 e. The van der Waals surface area contributed by atoms with E-state index in [2.05, 4.69) is 26.5 Å². The Labute approximate surface area is 77.1 Å². The SMILES string of the molecule is [c]1nn[nH]c1CCN1CCOCC1. The number of H-pyrrole nitrogens is 1. The molecule has 1 aliphatic rings. The molecule has 13 heavy (non-hydrogen) atoms. The molecular weight excluding hydrogens is 168 g/mol. The van der Waals surface area contributed by atoms with Gasteiger partial charge in [0.15, 0.2) is 0 Å². The predicted molar refractivity (Wildman–Crippen MR) is 46.2 cm³/mol. The molecular formula is C8H13N4O. The van der Waals surface area contributed by atoms with Crippen molar-refractivity contribution < 1.29 is 4.74 Å². The minimum Gasteiger partial charge on any atom is -0.379 e. The molecule has 0 aromatic carbocycles. The highest BCUT2D eigenvalue weighted by Crippen LogP contribution is 1.99. The lowest BCUT2D eigenvalue weighted by Gasteiger charge is -2.25. The lowest BCUT2D eigenvalue weighted by molar-refractivity contribution is 0.0383. The van der Waals surface area contributed by atoms with Crippen molar-refractivity contribution in [3.8, 4) is 0 Å². The van der Waals surface area contributed by atoms with Gasteiger partial charge in [-0.25, -0.2) is 0 Å². The second-order valence-electron chi connectivity index (χ2n) is 3.11. The van der Waals surface area contributed by atoms with Crippen LogP contribution in [-0.4, -0.2) is 53.2 Å². The van der Waals surface area contributed by atoms with E-state index in [0.29, 0.717) is 0 Å². The van der Waals surface area contributed by atoms with Gasteiger partial charge in [-0.05, 0) is 0 Å². The van der Waals surface area contributed by atoms with E-state index in [1.165, 1.54) is 0 Å². The van der Waals surface area contributed by atoms with E-state index < -0.39 is 0 Å². The molecule has 0 atom stereocenters. The summed E-state index contributed by atoms with van der Waals surface area (Å²) in [4.78, 5) is 2.37. The summed E-state index contributed by atoms with van der Waals surface area (Å²) in [5, 5.41) is 10.0. The van der Waals surface area contributed by atoms with E-state index in [9.17, 15) is 0 Å². The van der Waals surface area contributed by atoms with Crippen LogP contribution in [0.1, 0.15) is 5.69 Å². The van der Waals surface area contributed by atoms with E-state index in [-0.39, 0.29) is 0 Å². The molecule has 0 unspecified atom stereocenters. The summed E-state index contributed by atoms with van der Waals surface area (Å²) >= 11 is 0. The van der Waals surface area contributed by atoms with Gasteiger partial charge in [-0.15, -0.1) is 5.10 Å². The second kappa shape index (κ2) is 4.34. The Balaban J connectivity index is 1.72. The van der Waals surface area contributed by atoms with Crippen molar-refractivity contribution in [2.75, 3.05) is 32.8 Å². The van der Waals surface area contributed by atoms with Crippen LogP contribution in [0.2, 0.25) is 0 Å². The number of morpholine rings is 1. The molecule has 0 aliphatic carbocycles. The number of rotatable bonds is 3. The number of ether oxygens (including phenoxy) is 1. The van der Waals surface area contributed by atoms with E-state index in [1.807, 2.05) is 0 Å². The fraction of sp³-hybridized carbons (Fsp3) is 0.750. The molecule has 1 aromatic rings. The van der Waals surface area contributed by atoms with Gasteiger partial charge in [0.2, 0.25) is 0 Å². The van der Waals surface area contributed by atoms with Gasteiger partial charge in [0.25, 0.3) is 0 Å². The first kappa shape index (κ1) is 8.65. The fourth-order valence-electron chi connectivity index (χ4n) is 1.40. The maximum atomic E-state index is 5.25. The molecule has 0 amide bonds. The van der Waals surface area contributed by atoms with Gasteiger partial charge in [0.1, 0.15) is 6.20 Å². The quantitative estimate of drug-likeness (QED) is 0.681. The summed E-state index contributed by atoms with van der Waals surface area (Å²) < 4.78 is 5.25. The molecule has 0 spiro atoms. The van der Waals surface area contributed by atoms with Crippen LogP contribution in [0.25, 0.3) is 0 Å². The summed E-state index contributed by atoms with van der Waals surface area (Å²) in [5.74, 6) is 0. The largest absolute Gasteiger partial charge is 0.379 e. The van der Waals surface area contributed by atoms with Crippen molar-refractivity contribution >= 4 is 0 Å². The molecule has 5 heteroatoms. The van der Waals surface area contributed by atoms with E-state index in [1.54, 1.807) is 0 Å². The normalized spacial score (nSPS) is 19.1. The third-order valence-corrected chi connectivity index (χ3v) is 2.20. The van der Waals surface area contributed by atoms with Crippen LogP contribution in [0.15, 0.2) is 0 Å². The average Bonchev–Trinajstić information content (AvgIpc) is 2.69. The second-order valence-corrected chi connectivity index (χ2v) is 3.11. The molecule has 1 aliphatic heterocycles. The number of hydrogen-bond acceptors (Lipinski definition) is 4. The van der Waals surface area contributed by atoms with Crippen molar-refractivity contribution in [3.05, 3.63) is 11.9 Å². The molecule has 1 saturated heterocycles. The maximum Gasteiger partial charge on any atom is 0.138 e. The summed E-state index contributed by atoms with van der Waals surface area (Å²) in [6, 6.07) is 0. The van der Waals surface area contributed by atoms with Crippen LogP contribution < -0.4 is 0 Å². The Bertz CT molecular complexity index is 230. The summed E-state index contributed by atoms with van der Waals surface area (Å²) in [6.07, 6.45) is 3.74. The summed E-state index contributed by atoms with van der Waals surface area (Å²) in [5.41, 5.74) is 0.978. The lowest BCUT2D eigenvalue weighted by atomic mass is 10.3. The number of aromatic nitrogens is 3. The Kier molecular flexibility index (Phi) is 2.89. The summed E-state index contributed by atoms with van der Waals surface area (Å²) in [7, 11) is 0. The van der Waals surface area contributed by atoms with Crippen LogP contribution in [0.5, 0.6) is 0 Å². The van der Waals surface area contributed by atoms with Crippen LogP contribution in [0.3, 0.4) is 0 Å². The van der Waals surface area contributed by atoms with Crippen molar-refractivity contribution in [3.63, 3.8) is 0 Å². The van der Waals surface area contributed by atoms with Gasteiger partial charge in [-0.2, -0.15) is 0 Å². The molecule has 0 bridgehead atoms. The minimum absolute atomic E-state index is 0.852. The van der Waals surface area contributed by atoms with Crippen LogP contribution in [0, 0.1) is 6.20 Å². The molecule has 0 saturated carbocycles. The van der Waals surface area contributed by atoms with Gasteiger partial charge in [-0.3, -0.25) is 10.00 Å². The molecule has 2 heterocycles. The molecule has 1 fully saturated rings. The monoisotopic (exact) mass is 181 g/mol. The number of nitrogens with zero attached hydrogens (tertiary/aromatic N) is 3. The van der Waals surface area contributed by atoms with Crippen LogP contribution in [0.4, 0.5) is 0 Å². The molecule has 71 valence electrons. The van der Waals surface area contributed by atoms with Gasteiger partial charge < -0.3 is 4.74 Å². The number of hydrogen-bond donors (Lipinski definition) is 1. The van der Waals surface area contributed by atoms with Crippen molar-refractivity contribution in [2.45, 2.75) is 6.42 Å². The topological polar surface area (TPSA) is 54.0 Å². The standard InChI is InChI=1S/C8H13N4O/c1(8-7-9-11-10-8)2-12-3-5-13-6-4-12/h1-6H2,(H,9,10,11). The molecule has 2 rings (SSSR count). The first-order valence-corrected chi connectivity index (χ1v) is 4.53. The Morgan fingerprint density at radius 2 is 2.31 bits per heavy atom. The molecule has 1 N–H and O–H groups in total. The fourth-order valence-corrected chi connectivity index (χ4v) is 1.40. The lowest BCUT2D eigenvalue weighted by Crippen LogP contribution is -2.37. The average molecular weight is 181 g/mol. The van der Waals surface area contributed by atoms with Crippen molar-refractivity contribution in [2.24, 2.45) is 0 Å². The van der Waals surface area contributed by atoms with Crippen LogP contribution >= 0.6 is 0 Å². The van der Waals surface area contributed by atoms with E-state index in [4.69, 9.17) is 4.74 Å². The highest BCUT2D eigenvalue weighted by atomic mass is 16.5. The van der Waals surface area contributed by atoms with Crippen molar-refractivity contribution in [1.29, 1.82) is 0 Å². The number of nitrogens with one attached hydrogen (secondary N) is 1. The Morgan fingerprint density at radius 3 is 3.00 bits per heavy atom. The molecule has 1 radical (unpaired) electrons. The van der Waals surface area contributed by atoms with E-state index >= 15 is 0 Å². The van der Waals surface area contributed by atoms with Crippen LogP contribution in [-0.2, 0) is 11.2 Å². The Morgan fingerprint density at radius 1 is 1.46 bits per heavy atom. The zero-order chi connectivity index (χ0) is 8.93. The zero-order valence-electron chi connectivity index (χ0n) is 7.49. The summed E-state index contributed by atoms with van der Waals surface area (Å²) in [6.45, 7) is 4.79. The van der Waals surface area contributed by atoms with Gasteiger partial charge in [-0.1, -0.05) is 5.21 Å². The molecule has 5 nitrogen and oxygen atoms in total.